The first-order valence-corrected chi connectivity index (χ1v) is 5.80. The molecule has 4 nitrogen and oxygen atoms in total. The number of amides is 1. The first kappa shape index (κ1) is 13.0. The zero-order valence-electron chi connectivity index (χ0n) is 10.2. The lowest BCUT2D eigenvalue weighted by Crippen LogP contribution is -2.50. The number of nitrogens with zero attached hydrogens (tertiary/aromatic N) is 1. The van der Waals surface area contributed by atoms with Crippen LogP contribution in [0.3, 0.4) is 0 Å². The van der Waals surface area contributed by atoms with Gasteiger partial charge < -0.3 is 10.4 Å². The predicted molar refractivity (Wildman–Crippen MR) is 60.3 cm³/mol. The fourth-order valence-corrected chi connectivity index (χ4v) is 2.39. The standard InChI is InChI=1S/C12H20N2O2/c1-8-5-12(6-8,7-13)11(16)14-9(2)4-10(3)15/h8-10,15H,4-6H2,1-3H3,(H,14,16). The molecule has 0 aromatic carbocycles. The van der Waals surface area contributed by atoms with Gasteiger partial charge in [0.15, 0.2) is 0 Å². The number of rotatable bonds is 4. The summed E-state index contributed by atoms with van der Waals surface area (Å²) in [6, 6.07) is 2.04. The third kappa shape index (κ3) is 2.73. The number of nitrogens with one attached hydrogen (secondary N) is 1. The average molecular weight is 224 g/mol. The van der Waals surface area contributed by atoms with Crippen LogP contribution in [0, 0.1) is 22.7 Å². The van der Waals surface area contributed by atoms with E-state index in [1.165, 1.54) is 0 Å². The van der Waals surface area contributed by atoms with Crippen molar-refractivity contribution in [2.24, 2.45) is 11.3 Å². The molecule has 0 bridgehead atoms. The Bertz CT molecular complexity index is 301. The van der Waals surface area contributed by atoms with Crippen molar-refractivity contribution in [3.8, 4) is 6.07 Å². The van der Waals surface area contributed by atoms with Gasteiger partial charge in [0.1, 0.15) is 5.41 Å². The maximum absolute atomic E-state index is 11.9. The molecule has 4 heteroatoms. The van der Waals surface area contributed by atoms with Crippen LogP contribution in [0.5, 0.6) is 0 Å². The Morgan fingerprint density at radius 2 is 2.19 bits per heavy atom. The van der Waals surface area contributed by atoms with Crippen molar-refractivity contribution in [2.75, 3.05) is 0 Å². The third-order valence-corrected chi connectivity index (χ3v) is 3.11. The minimum atomic E-state index is -0.813. The van der Waals surface area contributed by atoms with Crippen LogP contribution in [-0.4, -0.2) is 23.2 Å². The summed E-state index contributed by atoms with van der Waals surface area (Å²) in [5, 5.41) is 21.1. The van der Waals surface area contributed by atoms with Crippen LogP contribution in [0.4, 0.5) is 0 Å². The average Bonchev–Trinajstić information content (AvgIpc) is 2.10. The van der Waals surface area contributed by atoms with E-state index < -0.39 is 11.5 Å². The summed E-state index contributed by atoms with van der Waals surface area (Å²) < 4.78 is 0. The van der Waals surface area contributed by atoms with Crippen molar-refractivity contribution in [1.29, 1.82) is 5.26 Å². The molecule has 0 aromatic rings. The summed E-state index contributed by atoms with van der Waals surface area (Å²) in [6.07, 6.45) is 1.38. The van der Waals surface area contributed by atoms with E-state index >= 15 is 0 Å². The number of aliphatic hydroxyl groups is 1. The second kappa shape index (κ2) is 4.84. The van der Waals surface area contributed by atoms with Crippen LogP contribution < -0.4 is 5.32 Å². The predicted octanol–water partition coefficient (Wildman–Crippen LogP) is 1.20. The Morgan fingerprint density at radius 3 is 2.56 bits per heavy atom. The van der Waals surface area contributed by atoms with Crippen molar-refractivity contribution < 1.29 is 9.90 Å². The highest BCUT2D eigenvalue weighted by Gasteiger charge is 2.49. The molecule has 2 N–H and O–H groups in total. The molecule has 2 unspecified atom stereocenters. The number of nitriles is 1. The molecule has 16 heavy (non-hydrogen) atoms. The summed E-state index contributed by atoms with van der Waals surface area (Å²) in [5.74, 6) is 0.277. The van der Waals surface area contributed by atoms with Gasteiger partial charge >= 0.3 is 0 Å². The largest absolute Gasteiger partial charge is 0.393 e. The van der Waals surface area contributed by atoms with Gasteiger partial charge in [-0.2, -0.15) is 5.26 Å². The van der Waals surface area contributed by atoms with E-state index in [0.717, 1.165) is 0 Å². The number of hydrogen-bond acceptors (Lipinski definition) is 3. The topological polar surface area (TPSA) is 73.1 Å². The van der Waals surface area contributed by atoms with Gasteiger partial charge in [-0.05, 0) is 39.0 Å². The highest BCUT2D eigenvalue weighted by atomic mass is 16.3. The van der Waals surface area contributed by atoms with Crippen LogP contribution in [0.2, 0.25) is 0 Å². The highest BCUT2D eigenvalue weighted by molar-refractivity contribution is 5.86. The highest BCUT2D eigenvalue weighted by Crippen LogP contribution is 2.45. The third-order valence-electron chi connectivity index (χ3n) is 3.11. The molecule has 90 valence electrons. The minimum absolute atomic E-state index is 0.0892. The van der Waals surface area contributed by atoms with Crippen LogP contribution >= 0.6 is 0 Å². The molecule has 2 atom stereocenters. The van der Waals surface area contributed by atoms with Crippen LogP contribution in [0.15, 0.2) is 0 Å². The smallest absolute Gasteiger partial charge is 0.240 e. The van der Waals surface area contributed by atoms with Gasteiger partial charge in [0.2, 0.25) is 5.91 Å². The van der Waals surface area contributed by atoms with E-state index in [0.29, 0.717) is 25.2 Å². The van der Waals surface area contributed by atoms with Gasteiger partial charge in [-0.3, -0.25) is 4.79 Å². The van der Waals surface area contributed by atoms with Crippen molar-refractivity contribution in [2.45, 2.75) is 52.2 Å². The minimum Gasteiger partial charge on any atom is -0.393 e. The Kier molecular flexibility index (Phi) is 3.93. The first-order valence-electron chi connectivity index (χ1n) is 5.80. The van der Waals surface area contributed by atoms with E-state index in [4.69, 9.17) is 5.26 Å². The van der Waals surface area contributed by atoms with Gasteiger partial charge in [-0.1, -0.05) is 6.92 Å². The lowest BCUT2D eigenvalue weighted by atomic mass is 9.63. The zero-order chi connectivity index (χ0) is 12.3. The number of hydrogen-bond donors (Lipinski definition) is 2. The van der Waals surface area contributed by atoms with Gasteiger partial charge in [-0.25, -0.2) is 0 Å². The molecule has 1 aliphatic rings. The van der Waals surface area contributed by atoms with Gasteiger partial charge in [-0.15, -0.1) is 0 Å². The molecular weight excluding hydrogens is 204 g/mol. The molecular formula is C12H20N2O2. The summed E-state index contributed by atoms with van der Waals surface area (Å²) in [6.45, 7) is 5.58. The normalized spacial score (nSPS) is 32.1. The summed E-state index contributed by atoms with van der Waals surface area (Å²) >= 11 is 0. The van der Waals surface area contributed by atoms with E-state index in [9.17, 15) is 9.90 Å². The molecule has 0 saturated heterocycles. The van der Waals surface area contributed by atoms with Gasteiger partial charge in [0, 0.05) is 6.04 Å². The first-order chi connectivity index (χ1) is 7.39. The molecule has 1 fully saturated rings. The molecule has 1 amide bonds. The van der Waals surface area contributed by atoms with Crippen molar-refractivity contribution in [3.63, 3.8) is 0 Å². The van der Waals surface area contributed by atoms with Gasteiger partial charge in [0.25, 0.3) is 0 Å². The Morgan fingerprint density at radius 1 is 1.62 bits per heavy atom. The molecule has 0 aromatic heterocycles. The van der Waals surface area contributed by atoms with E-state index in [1.807, 2.05) is 13.8 Å². The number of carbonyl (C=O) groups is 1. The van der Waals surface area contributed by atoms with E-state index in [1.54, 1.807) is 6.92 Å². The van der Waals surface area contributed by atoms with E-state index in [2.05, 4.69) is 11.4 Å². The van der Waals surface area contributed by atoms with Crippen LogP contribution in [0.1, 0.15) is 40.0 Å². The maximum atomic E-state index is 11.9. The van der Waals surface area contributed by atoms with Crippen molar-refractivity contribution in [1.82, 2.24) is 5.32 Å². The van der Waals surface area contributed by atoms with Crippen LogP contribution in [-0.2, 0) is 4.79 Å². The summed E-state index contributed by atoms with van der Waals surface area (Å²) in [7, 11) is 0. The van der Waals surface area contributed by atoms with Crippen molar-refractivity contribution in [3.05, 3.63) is 0 Å². The Hall–Kier alpha value is -1.08. The van der Waals surface area contributed by atoms with Crippen molar-refractivity contribution >= 4 is 5.91 Å². The van der Waals surface area contributed by atoms with Crippen LogP contribution in [0.25, 0.3) is 0 Å². The molecule has 1 rings (SSSR count). The second-order valence-electron chi connectivity index (χ2n) is 5.17. The monoisotopic (exact) mass is 224 g/mol. The number of carbonyl (C=O) groups excluding carboxylic acids is 1. The lowest BCUT2D eigenvalue weighted by molar-refractivity contribution is -0.134. The molecule has 1 aliphatic carbocycles. The fraction of sp³-hybridized carbons (Fsp3) is 0.833. The SMILES string of the molecule is CC(O)CC(C)NC(=O)C1(C#N)CC(C)C1. The Labute approximate surface area is 96.6 Å². The van der Waals surface area contributed by atoms with Gasteiger partial charge in [0.05, 0.1) is 12.2 Å². The molecule has 0 aliphatic heterocycles. The molecule has 0 spiro atoms. The Balaban J connectivity index is 2.49. The van der Waals surface area contributed by atoms with E-state index in [-0.39, 0.29) is 11.9 Å². The number of aliphatic hydroxyl groups excluding tert-OH is 1. The summed E-state index contributed by atoms with van der Waals surface area (Å²) in [4.78, 5) is 11.9. The molecule has 0 heterocycles. The summed E-state index contributed by atoms with van der Waals surface area (Å²) in [5.41, 5.74) is -0.813. The zero-order valence-corrected chi connectivity index (χ0v) is 10.2. The second-order valence-corrected chi connectivity index (χ2v) is 5.17. The maximum Gasteiger partial charge on any atom is 0.240 e. The molecule has 1 saturated carbocycles. The molecule has 0 radical (unpaired) electrons. The fourth-order valence-electron chi connectivity index (χ4n) is 2.39. The lowest BCUT2D eigenvalue weighted by Gasteiger charge is -2.39. The quantitative estimate of drug-likeness (QED) is 0.753.